The predicted octanol–water partition coefficient (Wildman–Crippen LogP) is 5.28. The van der Waals surface area contributed by atoms with E-state index in [9.17, 15) is 0 Å². The van der Waals surface area contributed by atoms with Crippen molar-refractivity contribution in [3.63, 3.8) is 0 Å². The molecular weight excluding hydrogens is 494 g/mol. The topological polar surface area (TPSA) is 93.3 Å². The summed E-state index contributed by atoms with van der Waals surface area (Å²) < 4.78 is 6.25. The van der Waals surface area contributed by atoms with Crippen molar-refractivity contribution in [2.75, 3.05) is 37.9 Å². The highest BCUT2D eigenvalue weighted by molar-refractivity contribution is 7.21. The van der Waals surface area contributed by atoms with Crippen LogP contribution >= 0.6 is 22.9 Å². The Morgan fingerprint density at radius 3 is 2.72 bits per heavy atom. The normalized spacial score (nSPS) is 13.8. The first-order valence-electron chi connectivity index (χ1n) is 11.9. The zero-order chi connectivity index (χ0) is 25.6. The fourth-order valence-corrected chi connectivity index (χ4v) is 5.68. The average molecular weight is 524 g/mol. The molecule has 1 aliphatic rings. The van der Waals surface area contributed by atoms with E-state index in [0.29, 0.717) is 42.4 Å². The van der Waals surface area contributed by atoms with Crippen LogP contribution < -0.4 is 15.4 Å². The van der Waals surface area contributed by atoms with Gasteiger partial charge in [-0.3, -0.25) is 0 Å². The average Bonchev–Trinajstić information content (AvgIpc) is 3.03. The van der Waals surface area contributed by atoms with Gasteiger partial charge in [0.25, 0.3) is 0 Å². The van der Waals surface area contributed by atoms with Crippen LogP contribution in [0.1, 0.15) is 42.3 Å². The monoisotopic (exact) mass is 523 g/mol. The quantitative estimate of drug-likeness (QED) is 0.353. The lowest BCUT2D eigenvalue weighted by Gasteiger charge is -2.26. The van der Waals surface area contributed by atoms with Gasteiger partial charge in [-0.25, -0.2) is 19.9 Å². The van der Waals surface area contributed by atoms with Gasteiger partial charge in [0.2, 0.25) is 0 Å². The molecule has 0 bridgehead atoms. The van der Waals surface area contributed by atoms with E-state index in [1.807, 2.05) is 31.3 Å². The van der Waals surface area contributed by atoms with Crippen molar-refractivity contribution in [1.82, 2.24) is 24.8 Å². The molecule has 36 heavy (non-hydrogen) atoms. The molecule has 10 heteroatoms. The summed E-state index contributed by atoms with van der Waals surface area (Å²) >= 11 is 8.10. The second-order valence-corrected chi connectivity index (χ2v) is 11.1. The molecule has 1 aromatic carbocycles. The number of aromatic nitrogens is 4. The van der Waals surface area contributed by atoms with Gasteiger partial charge in [0, 0.05) is 29.4 Å². The van der Waals surface area contributed by atoms with Gasteiger partial charge in [-0.2, -0.15) is 0 Å². The fourth-order valence-electron chi connectivity index (χ4n) is 4.62. The Morgan fingerprint density at radius 1 is 1.17 bits per heavy atom. The number of aryl methyl sites for hydroxylation is 1. The minimum absolute atomic E-state index is 0.181. The van der Waals surface area contributed by atoms with Crippen LogP contribution in [0.25, 0.3) is 21.5 Å². The number of thiazole rings is 1. The predicted molar refractivity (Wildman–Crippen MR) is 147 cm³/mol. The van der Waals surface area contributed by atoms with Crippen LogP contribution in [0.5, 0.6) is 5.75 Å². The molecule has 4 heterocycles. The van der Waals surface area contributed by atoms with Gasteiger partial charge in [-0.15, -0.1) is 0 Å². The van der Waals surface area contributed by atoms with Crippen LogP contribution in [0, 0.1) is 6.92 Å². The number of nitrogens with zero attached hydrogens (tertiary/aromatic N) is 6. The second kappa shape index (κ2) is 9.80. The van der Waals surface area contributed by atoms with Gasteiger partial charge in [0.1, 0.15) is 39.5 Å². The molecule has 5 rings (SSSR count). The second-order valence-electron chi connectivity index (χ2n) is 9.71. The molecular formula is C26H30ClN7OS. The minimum Gasteiger partial charge on any atom is -0.491 e. The van der Waals surface area contributed by atoms with E-state index < -0.39 is 0 Å². The standard InChI is InChI=1S/C26H30ClN7OS/c1-14(2)21-23(27)31-20(13-33(4)5)32-24(21)34-6-7-35-22-15(3)8-16(9-18(22)12-34)17-10-19-25(29-11-17)36-26(28)30-19/h8-11,14H,6-7,12-13H2,1-5H3,(H2,28,30). The van der Waals surface area contributed by atoms with Crippen molar-refractivity contribution in [3.8, 4) is 16.9 Å². The maximum atomic E-state index is 6.70. The van der Waals surface area contributed by atoms with Crippen molar-refractivity contribution in [3.05, 3.63) is 52.1 Å². The Kier molecular flexibility index (Phi) is 6.72. The third kappa shape index (κ3) is 4.83. The number of anilines is 2. The van der Waals surface area contributed by atoms with E-state index in [2.05, 4.69) is 52.8 Å². The van der Waals surface area contributed by atoms with Crippen LogP contribution in [-0.4, -0.2) is 52.1 Å². The molecule has 8 nitrogen and oxygen atoms in total. The summed E-state index contributed by atoms with van der Waals surface area (Å²) in [4.78, 5) is 23.7. The Bertz CT molecular complexity index is 1440. The summed E-state index contributed by atoms with van der Waals surface area (Å²) in [6.45, 7) is 8.85. The molecule has 2 N–H and O–H groups in total. The first-order chi connectivity index (χ1) is 17.2. The van der Waals surface area contributed by atoms with Gasteiger partial charge >= 0.3 is 0 Å². The zero-order valence-electron chi connectivity index (χ0n) is 21.2. The Balaban J connectivity index is 1.57. The van der Waals surface area contributed by atoms with E-state index in [1.54, 1.807) is 0 Å². The smallest absolute Gasteiger partial charge is 0.182 e. The Labute approximate surface area is 220 Å². The van der Waals surface area contributed by atoms with Crippen molar-refractivity contribution in [2.45, 2.75) is 39.8 Å². The number of nitrogens with two attached hydrogens (primary N) is 1. The highest BCUT2D eigenvalue weighted by Gasteiger charge is 2.25. The first-order valence-corrected chi connectivity index (χ1v) is 13.1. The van der Waals surface area contributed by atoms with E-state index in [0.717, 1.165) is 49.7 Å². The van der Waals surface area contributed by atoms with E-state index in [4.69, 9.17) is 27.1 Å². The third-order valence-corrected chi connectivity index (χ3v) is 7.27. The molecule has 0 spiro atoms. The summed E-state index contributed by atoms with van der Waals surface area (Å²) in [5.74, 6) is 2.69. The van der Waals surface area contributed by atoms with Gasteiger partial charge in [-0.05, 0) is 56.3 Å². The van der Waals surface area contributed by atoms with Crippen LogP contribution in [-0.2, 0) is 13.1 Å². The van der Waals surface area contributed by atoms with Gasteiger partial charge in [-0.1, -0.05) is 36.8 Å². The fraction of sp³-hybridized carbons (Fsp3) is 0.385. The largest absolute Gasteiger partial charge is 0.491 e. The molecule has 0 atom stereocenters. The maximum absolute atomic E-state index is 6.70. The van der Waals surface area contributed by atoms with Crippen LogP contribution in [0.15, 0.2) is 24.4 Å². The highest BCUT2D eigenvalue weighted by atomic mass is 35.5. The van der Waals surface area contributed by atoms with E-state index in [1.165, 1.54) is 11.3 Å². The number of ether oxygens (including phenoxy) is 1. The SMILES string of the molecule is Cc1cc(-c2cnc3sc(N)nc3c2)cc2c1OCCN(c1nc(CN(C)C)nc(Cl)c1C(C)C)C2. The Morgan fingerprint density at radius 2 is 1.97 bits per heavy atom. The number of fused-ring (bicyclic) bond motifs is 2. The van der Waals surface area contributed by atoms with Gasteiger partial charge < -0.3 is 20.3 Å². The molecule has 1 aliphatic heterocycles. The van der Waals surface area contributed by atoms with E-state index >= 15 is 0 Å². The number of benzene rings is 1. The van der Waals surface area contributed by atoms with Crippen molar-refractivity contribution < 1.29 is 4.74 Å². The number of pyridine rings is 1. The van der Waals surface area contributed by atoms with Gasteiger partial charge in [0.05, 0.1) is 13.1 Å². The summed E-state index contributed by atoms with van der Waals surface area (Å²) in [6, 6.07) is 6.36. The molecule has 0 radical (unpaired) electrons. The third-order valence-electron chi connectivity index (χ3n) is 6.18. The van der Waals surface area contributed by atoms with Crippen LogP contribution in [0.2, 0.25) is 5.15 Å². The summed E-state index contributed by atoms with van der Waals surface area (Å²) in [6.07, 6.45) is 1.88. The highest BCUT2D eigenvalue weighted by Crippen LogP contribution is 2.37. The van der Waals surface area contributed by atoms with E-state index in [-0.39, 0.29) is 5.92 Å². The number of rotatable bonds is 5. The van der Waals surface area contributed by atoms with Crippen molar-refractivity contribution in [2.24, 2.45) is 0 Å². The lowest BCUT2D eigenvalue weighted by atomic mass is 9.99. The Hall–Kier alpha value is -3.01. The molecule has 3 aromatic heterocycles. The number of nitrogen functional groups attached to an aromatic ring is 1. The number of halogens is 1. The lowest BCUT2D eigenvalue weighted by molar-refractivity contribution is 0.329. The molecule has 0 amide bonds. The van der Waals surface area contributed by atoms with Crippen LogP contribution in [0.3, 0.4) is 0 Å². The maximum Gasteiger partial charge on any atom is 0.182 e. The summed E-state index contributed by atoms with van der Waals surface area (Å²) in [5, 5.41) is 1.04. The summed E-state index contributed by atoms with van der Waals surface area (Å²) in [5.41, 5.74) is 11.9. The van der Waals surface area contributed by atoms with Crippen LogP contribution in [0.4, 0.5) is 10.9 Å². The molecule has 0 unspecified atom stereocenters. The molecule has 4 aromatic rings. The summed E-state index contributed by atoms with van der Waals surface area (Å²) in [7, 11) is 4.00. The number of hydrogen-bond donors (Lipinski definition) is 1. The van der Waals surface area contributed by atoms with Crippen molar-refractivity contribution >= 4 is 44.2 Å². The molecule has 0 saturated carbocycles. The molecule has 0 fully saturated rings. The zero-order valence-corrected chi connectivity index (χ0v) is 22.7. The molecule has 0 aliphatic carbocycles. The first kappa shape index (κ1) is 24.7. The molecule has 0 saturated heterocycles. The molecule has 188 valence electrons. The van der Waals surface area contributed by atoms with Crippen molar-refractivity contribution in [1.29, 1.82) is 0 Å². The van der Waals surface area contributed by atoms with Gasteiger partial charge in [0.15, 0.2) is 5.13 Å². The minimum atomic E-state index is 0.181. The lowest BCUT2D eigenvalue weighted by Crippen LogP contribution is -2.29. The number of hydrogen-bond acceptors (Lipinski definition) is 9.